The molecule has 0 aliphatic heterocycles. The van der Waals surface area contributed by atoms with Gasteiger partial charge in [-0.05, 0) is 35.7 Å². The van der Waals surface area contributed by atoms with Gasteiger partial charge in [-0.3, -0.25) is 0 Å². The van der Waals surface area contributed by atoms with Crippen LogP contribution in [0.25, 0.3) is 0 Å². The molecule has 0 fully saturated rings. The molecule has 0 heterocycles. The average Bonchev–Trinajstić information content (AvgIpc) is 2.53. The number of rotatable bonds is 5. The van der Waals surface area contributed by atoms with E-state index in [2.05, 4.69) is 36.5 Å². The van der Waals surface area contributed by atoms with Crippen molar-refractivity contribution in [2.45, 2.75) is 19.9 Å². The largest absolute Gasteiger partial charge is 0.465 e. The van der Waals surface area contributed by atoms with Crippen LogP contribution in [0.2, 0.25) is 5.02 Å². The van der Waals surface area contributed by atoms with Crippen molar-refractivity contribution in [1.82, 2.24) is 0 Å². The first-order valence-corrected chi connectivity index (χ1v) is 7.21. The summed E-state index contributed by atoms with van der Waals surface area (Å²) in [5, 5.41) is 3.67. The van der Waals surface area contributed by atoms with Crippen molar-refractivity contribution in [3.05, 3.63) is 64.2 Å². The van der Waals surface area contributed by atoms with Crippen LogP contribution in [0.3, 0.4) is 0 Å². The lowest BCUT2D eigenvalue weighted by atomic mass is 10.1. The molecule has 0 saturated heterocycles. The molecule has 0 amide bonds. The van der Waals surface area contributed by atoms with Crippen LogP contribution in [0, 0.1) is 0 Å². The molecule has 2 aromatic rings. The molecule has 110 valence electrons. The smallest absolute Gasteiger partial charge is 0.339 e. The van der Waals surface area contributed by atoms with Crippen LogP contribution >= 0.6 is 11.6 Å². The number of methoxy groups -OCH3 is 1. The first-order valence-electron chi connectivity index (χ1n) is 6.83. The minimum absolute atomic E-state index is 0.366. The molecular formula is C17H18ClNO2. The highest BCUT2D eigenvalue weighted by Crippen LogP contribution is 2.22. The SMILES string of the molecule is CCc1ccc(CNc2ccc(Cl)c(C(=O)OC)c2)cc1. The number of carbonyl (C=O) groups is 1. The number of nitrogens with one attached hydrogen (secondary N) is 1. The van der Waals surface area contributed by atoms with E-state index in [0.717, 1.165) is 12.1 Å². The Morgan fingerprint density at radius 1 is 1.14 bits per heavy atom. The summed E-state index contributed by atoms with van der Waals surface area (Å²) in [6, 6.07) is 13.7. The quantitative estimate of drug-likeness (QED) is 0.837. The van der Waals surface area contributed by atoms with E-state index in [1.54, 1.807) is 12.1 Å². The second-order valence-corrected chi connectivity index (χ2v) is 5.12. The third-order valence-corrected chi connectivity index (χ3v) is 3.63. The Morgan fingerprint density at radius 3 is 2.43 bits per heavy atom. The van der Waals surface area contributed by atoms with E-state index in [-0.39, 0.29) is 0 Å². The van der Waals surface area contributed by atoms with Gasteiger partial charge in [-0.25, -0.2) is 4.79 Å². The molecular weight excluding hydrogens is 286 g/mol. The summed E-state index contributed by atoms with van der Waals surface area (Å²) in [5.41, 5.74) is 3.70. The Morgan fingerprint density at radius 2 is 1.81 bits per heavy atom. The number of hydrogen-bond donors (Lipinski definition) is 1. The number of ether oxygens (including phenoxy) is 1. The Balaban J connectivity index is 2.07. The molecule has 4 heteroatoms. The Hall–Kier alpha value is -2.00. The summed E-state index contributed by atoms with van der Waals surface area (Å²) in [6.07, 6.45) is 1.04. The third-order valence-electron chi connectivity index (χ3n) is 3.30. The molecule has 0 aliphatic rings. The predicted molar refractivity (Wildman–Crippen MR) is 85.9 cm³/mol. The summed E-state index contributed by atoms with van der Waals surface area (Å²) in [6.45, 7) is 2.82. The van der Waals surface area contributed by atoms with Crippen LogP contribution < -0.4 is 5.32 Å². The van der Waals surface area contributed by atoms with E-state index in [4.69, 9.17) is 16.3 Å². The summed E-state index contributed by atoms with van der Waals surface area (Å²) < 4.78 is 4.71. The number of anilines is 1. The zero-order valence-corrected chi connectivity index (χ0v) is 12.9. The van der Waals surface area contributed by atoms with Crippen LogP contribution in [0.15, 0.2) is 42.5 Å². The normalized spacial score (nSPS) is 10.2. The van der Waals surface area contributed by atoms with Crippen molar-refractivity contribution in [3.8, 4) is 0 Å². The Bertz CT molecular complexity index is 623. The van der Waals surface area contributed by atoms with Gasteiger partial charge in [0.2, 0.25) is 0 Å². The van der Waals surface area contributed by atoms with Crippen LogP contribution in [0.1, 0.15) is 28.4 Å². The number of aryl methyl sites for hydroxylation is 1. The summed E-state index contributed by atoms with van der Waals surface area (Å²) in [5.74, 6) is -0.434. The van der Waals surface area contributed by atoms with E-state index in [9.17, 15) is 4.79 Å². The molecule has 0 atom stereocenters. The fraction of sp³-hybridized carbons (Fsp3) is 0.235. The Kier molecular flexibility index (Phi) is 5.23. The van der Waals surface area contributed by atoms with Crippen molar-refractivity contribution in [2.24, 2.45) is 0 Å². The number of halogens is 1. The average molecular weight is 304 g/mol. The minimum atomic E-state index is -0.434. The van der Waals surface area contributed by atoms with Crippen molar-refractivity contribution < 1.29 is 9.53 Å². The lowest BCUT2D eigenvalue weighted by Crippen LogP contribution is -2.05. The van der Waals surface area contributed by atoms with Crippen molar-refractivity contribution in [2.75, 3.05) is 12.4 Å². The van der Waals surface area contributed by atoms with Crippen LogP contribution in [0.5, 0.6) is 0 Å². The third kappa shape index (κ3) is 3.99. The molecule has 0 radical (unpaired) electrons. The first-order chi connectivity index (χ1) is 10.1. The van der Waals surface area contributed by atoms with E-state index < -0.39 is 5.97 Å². The highest BCUT2D eigenvalue weighted by Gasteiger charge is 2.11. The van der Waals surface area contributed by atoms with E-state index >= 15 is 0 Å². The molecule has 0 aromatic heterocycles. The standard InChI is InChI=1S/C17H18ClNO2/c1-3-12-4-6-13(7-5-12)11-19-14-8-9-16(18)15(10-14)17(20)21-2/h4-10,19H,3,11H2,1-2H3. The van der Waals surface area contributed by atoms with Gasteiger partial charge >= 0.3 is 5.97 Å². The summed E-state index contributed by atoms with van der Waals surface area (Å²) in [4.78, 5) is 11.6. The van der Waals surface area contributed by atoms with Gasteiger partial charge < -0.3 is 10.1 Å². The lowest BCUT2D eigenvalue weighted by Gasteiger charge is -2.09. The van der Waals surface area contributed by atoms with Gasteiger partial charge in [0.25, 0.3) is 0 Å². The van der Waals surface area contributed by atoms with E-state index in [0.29, 0.717) is 17.1 Å². The van der Waals surface area contributed by atoms with Gasteiger partial charge in [0.1, 0.15) is 0 Å². The molecule has 0 aliphatic carbocycles. The topological polar surface area (TPSA) is 38.3 Å². The van der Waals surface area contributed by atoms with E-state index in [1.807, 2.05) is 6.07 Å². The molecule has 0 spiro atoms. The van der Waals surface area contributed by atoms with Crippen molar-refractivity contribution >= 4 is 23.3 Å². The minimum Gasteiger partial charge on any atom is -0.465 e. The first kappa shape index (κ1) is 15.4. The fourth-order valence-corrected chi connectivity index (χ4v) is 2.19. The monoisotopic (exact) mass is 303 g/mol. The molecule has 0 saturated carbocycles. The van der Waals surface area contributed by atoms with Crippen LogP contribution in [0.4, 0.5) is 5.69 Å². The molecule has 2 aromatic carbocycles. The molecule has 3 nitrogen and oxygen atoms in total. The van der Waals surface area contributed by atoms with Crippen molar-refractivity contribution in [1.29, 1.82) is 0 Å². The van der Waals surface area contributed by atoms with Gasteiger partial charge in [-0.1, -0.05) is 42.8 Å². The second kappa shape index (κ2) is 7.14. The van der Waals surface area contributed by atoms with Gasteiger partial charge in [-0.2, -0.15) is 0 Å². The summed E-state index contributed by atoms with van der Waals surface area (Å²) >= 11 is 5.99. The van der Waals surface area contributed by atoms with E-state index in [1.165, 1.54) is 18.2 Å². The number of esters is 1. The van der Waals surface area contributed by atoms with Crippen molar-refractivity contribution in [3.63, 3.8) is 0 Å². The maximum Gasteiger partial charge on any atom is 0.339 e. The molecule has 21 heavy (non-hydrogen) atoms. The van der Waals surface area contributed by atoms with Gasteiger partial charge in [0, 0.05) is 12.2 Å². The summed E-state index contributed by atoms with van der Waals surface area (Å²) in [7, 11) is 1.34. The molecule has 2 rings (SSSR count). The van der Waals surface area contributed by atoms with Gasteiger partial charge in [0.15, 0.2) is 0 Å². The Labute approximate surface area is 129 Å². The second-order valence-electron chi connectivity index (χ2n) is 4.71. The maximum absolute atomic E-state index is 11.6. The number of hydrogen-bond acceptors (Lipinski definition) is 3. The predicted octanol–water partition coefficient (Wildman–Crippen LogP) is 4.30. The maximum atomic E-state index is 11.6. The highest BCUT2D eigenvalue weighted by atomic mass is 35.5. The number of benzene rings is 2. The zero-order chi connectivity index (χ0) is 15.2. The lowest BCUT2D eigenvalue weighted by molar-refractivity contribution is 0.0601. The fourth-order valence-electron chi connectivity index (χ4n) is 2.00. The van der Waals surface area contributed by atoms with Crippen LogP contribution in [-0.2, 0) is 17.7 Å². The zero-order valence-electron chi connectivity index (χ0n) is 12.2. The highest BCUT2D eigenvalue weighted by molar-refractivity contribution is 6.33. The van der Waals surface area contributed by atoms with Crippen LogP contribution in [-0.4, -0.2) is 13.1 Å². The van der Waals surface area contributed by atoms with Gasteiger partial charge in [-0.15, -0.1) is 0 Å². The van der Waals surface area contributed by atoms with Gasteiger partial charge in [0.05, 0.1) is 17.7 Å². The molecule has 1 N–H and O–H groups in total. The number of carbonyl (C=O) groups excluding carboxylic acids is 1. The molecule has 0 bridgehead atoms. The molecule has 0 unspecified atom stereocenters.